The summed E-state index contributed by atoms with van der Waals surface area (Å²) < 4.78 is 0. The number of carbonyl (C=O) groups excluding carboxylic acids is 1. The molecule has 0 radical (unpaired) electrons. The quantitative estimate of drug-likeness (QED) is 0.540. The van der Waals surface area contributed by atoms with E-state index in [1.807, 2.05) is 0 Å². The lowest BCUT2D eigenvalue weighted by molar-refractivity contribution is 0.101. The van der Waals surface area contributed by atoms with Crippen molar-refractivity contribution in [3.05, 3.63) is 23.8 Å². The molecule has 0 fully saturated rings. The molecule has 0 bridgehead atoms. The first-order valence-electron chi connectivity index (χ1n) is 3.00. The maximum Gasteiger partial charge on any atom is 0.179 e. The predicted octanol–water partition coefficient (Wildman–Crippen LogP) is 0.988. The van der Waals surface area contributed by atoms with Crippen molar-refractivity contribution in [3.8, 4) is 0 Å². The predicted molar refractivity (Wildman–Crippen MR) is 36.8 cm³/mol. The molecule has 0 spiro atoms. The lowest BCUT2D eigenvalue weighted by atomic mass is 10.3. The SMILES string of the molecule is CC(=O)c1cncc(C)n1. The normalized spacial score (nSPS) is 9.40. The maximum absolute atomic E-state index is 10.7. The molecule has 10 heavy (non-hydrogen) atoms. The average Bonchev–Trinajstić information content (AvgIpc) is 1.88. The molecule has 1 rings (SSSR count). The van der Waals surface area contributed by atoms with Crippen LogP contribution in [0.4, 0.5) is 0 Å². The van der Waals surface area contributed by atoms with E-state index >= 15 is 0 Å². The Balaban J connectivity index is 3.07. The molecule has 0 N–H and O–H groups in total. The number of carbonyl (C=O) groups is 1. The van der Waals surface area contributed by atoms with Gasteiger partial charge in [0.25, 0.3) is 0 Å². The smallest absolute Gasteiger partial charge is 0.179 e. The summed E-state index contributed by atoms with van der Waals surface area (Å²) in [5, 5.41) is 0. The average molecular weight is 136 g/mol. The molecule has 1 aromatic rings. The summed E-state index contributed by atoms with van der Waals surface area (Å²) >= 11 is 0. The van der Waals surface area contributed by atoms with E-state index in [0.29, 0.717) is 5.69 Å². The summed E-state index contributed by atoms with van der Waals surface area (Å²) in [5.41, 5.74) is 1.20. The molecule has 0 saturated heterocycles. The lowest BCUT2D eigenvalue weighted by Crippen LogP contribution is -1.98. The zero-order valence-electron chi connectivity index (χ0n) is 5.96. The van der Waals surface area contributed by atoms with Gasteiger partial charge in [0.2, 0.25) is 0 Å². The third-order valence-electron chi connectivity index (χ3n) is 1.12. The van der Waals surface area contributed by atoms with Gasteiger partial charge in [0, 0.05) is 13.1 Å². The summed E-state index contributed by atoms with van der Waals surface area (Å²) in [5.74, 6) is -0.0452. The molecule has 0 amide bonds. The van der Waals surface area contributed by atoms with Crippen LogP contribution < -0.4 is 0 Å². The number of hydrogen-bond donors (Lipinski definition) is 0. The Hall–Kier alpha value is -1.25. The first kappa shape index (κ1) is 6.86. The summed E-state index contributed by atoms with van der Waals surface area (Å²) in [6.07, 6.45) is 3.09. The Morgan fingerprint density at radius 3 is 2.60 bits per heavy atom. The zero-order chi connectivity index (χ0) is 7.56. The summed E-state index contributed by atoms with van der Waals surface area (Å²) in [6.45, 7) is 3.28. The standard InChI is InChI=1S/C7H8N2O/c1-5-3-8-4-7(9-5)6(2)10/h3-4H,1-2H3. The van der Waals surface area contributed by atoms with Crippen molar-refractivity contribution < 1.29 is 4.79 Å². The van der Waals surface area contributed by atoms with Gasteiger partial charge in [0.05, 0.1) is 11.9 Å². The van der Waals surface area contributed by atoms with Crippen LogP contribution in [0.1, 0.15) is 23.1 Å². The highest BCUT2D eigenvalue weighted by Crippen LogP contribution is 1.94. The molecule has 3 heteroatoms. The number of aryl methyl sites for hydroxylation is 1. The molecular formula is C7H8N2O. The number of rotatable bonds is 1. The van der Waals surface area contributed by atoms with Gasteiger partial charge in [-0.05, 0) is 6.92 Å². The molecule has 0 aliphatic carbocycles. The fourth-order valence-electron chi connectivity index (χ4n) is 0.633. The van der Waals surface area contributed by atoms with Gasteiger partial charge in [0.15, 0.2) is 5.78 Å². The van der Waals surface area contributed by atoms with Gasteiger partial charge in [0.1, 0.15) is 5.69 Å². The lowest BCUT2D eigenvalue weighted by Gasteiger charge is -1.93. The number of ketones is 1. The van der Waals surface area contributed by atoms with Gasteiger partial charge < -0.3 is 0 Å². The molecule has 52 valence electrons. The largest absolute Gasteiger partial charge is 0.293 e. The Bertz CT molecular complexity index is 258. The van der Waals surface area contributed by atoms with Crippen molar-refractivity contribution in [3.63, 3.8) is 0 Å². The minimum absolute atomic E-state index is 0.0452. The van der Waals surface area contributed by atoms with E-state index < -0.39 is 0 Å². The van der Waals surface area contributed by atoms with Crippen LogP contribution in [-0.2, 0) is 0 Å². The molecule has 0 aliphatic rings. The zero-order valence-corrected chi connectivity index (χ0v) is 5.96. The van der Waals surface area contributed by atoms with Crippen molar-refractivity contribution in [1.29, 1.82) is 0 Å². The number of aromatic nitrogens is 2. The molecule has 0 aromatic carbocycles. The van der Waals surface area contributed by atoms with Gasteiger partial charge in [-0.3, -0.25) is 9.78 Å². The highest BCUT2D eigenvalue weighted by atomic mass is 16.1. The van der Waals surface area contributed by atoms with E-state index in [9.17, 15) is 4.79 Å². The van der Waals surface area contributed by atoms with E-state index in [1.165, 1.54) is 13.1 Å². The van der Waals surface area contributed by atoms with E-state index in [2.05, 4.69) is 9.97 Å². The second-order valence-corrected chi connectivity index (χ2v) is 2.10. The van der Waals surface area contributed by atoms with Gasteiger partial charge in [-0.1, -0.05) is 0 Å². The van der Waals surface area contributed by atoms with E-state index in [0.717, 1.165) is 5.69 Å². The van der Waals surface area contributed by atoms with Crippen molar-refractivity contribution in [1.82, 2.24) is 9.97 Å². The van der Waals surface area contributed by atoms with Crippen LogP contribution in [0.25, 0.3) is 0 Å². The van der Waals surface area contributed by atoms with Crippen molar-refractivity contribution in [2.24, 2.45) is 0 Å². The van der Waals surface area contributed by atoms with Crippen LogP contribution in [0.2, 0.25) is 0 Å². The Labute approximate surface area is 59.1 Å². The highest BCUT2D eigenvalue weighted by Gasteiger charge is 1.98. The van der Waals surface area contributed by atoms with Crippen molar-refractivity contribution >= 4 is 5.78 Å². The summed E-state index contributed by atoms with van der Waals surface area (Å²) in [6, 6.07) is 0. The third-order valence-corrected chi connectivity index (χ3v) is 1.12. The molecule has 0 unspecified atom stereocenters. The molecule has 1 heterocycles. The Morgan fingerprint density at radius 1 is 1.50 bits per heavy atom. The van der Waals surface area contributed by atoms with Gasteiger partial charge in [-0.15, -0.1) is 0 Å². The number of Topliss-reactive ketones (excluding diaryl/α,β-unsaturated/α-hetero) is 1. The minimum atomic E-state index is -0.0452. The highest BCUT2D eigenvalue weighted by molar-refractivity contribution is 5.91. The summed E-state index contributed by atoms with van der Waals surface area (Å²) in [7, 11) is 0. The van der Waals surface area contributed by atoms with Gasteiger partial charge >= 0.3 is 0 Å². The van der Waals surface area contributed by atoms with E-state index in [1.54, 1.807) is 13.1 Å². The molecule has 0 aliphatic heterocycles. The number of hydrogen-bond acceptors (Lipinski definition) is 3. The maximum atomic E-state index is 10.7. The topological polar surface area (TPSA) is 42.9 Å². The van der Waals surface area contributed by atoms with Crippen LogP contribution in [0, 0.1) is 6.92 Å². The monoisotopic (exact) mass is 136 g/mol. The van der Waals surface area contributed by atoms with Crippen LogP contribution >= 0.6 is 0 Å². The summed E-state index contributed by atoms with van der Waals surface area (Å²) in [4.78, 5) is 18.5. The Morgan fingerprint density at radius 2 is 2.20 bits per heavy atom. The van der Waals surface area contributed by atoms with Crippen molar-refractivity contribution in [2.75, 3.05) is 0 Å². The van der Waals surface area contributed by atoms with Crippen LogP contribution in [-0.4, -0.2) is 15.8 Å². The fraction of sp³-hybridized carbons (Fsp3) is 0.286. The molecule has 3 nitrogen and oxygen atoms in total. The van der Waals surface area contributed by atoms with Crippen LogP contribution in [0.5, 0.6) is 0 Å². The van der Waals surface area contributed by atoms with E-state index in [4.69, 9.17) is 0 Å². The fourth-order valence-corrected chi connectivity index (χ4v) is 0.633. The third kappa shape index (κ3) is 1.37. The van der Waals surface area contributed by atoms with Crippen LogP contribution in [0.15, 0.2) is 12.4 Å². The Kier molecular flexibility index (Phi) is 1.76. The first-order valence-corrected chi connectivity index (χ1v) is 3.00. The van der Waals surface area contributed by atoms with Gasteiger partial charge in [-0.25, -0.2) is 4.98 Å². The molecular weight excluding hydrogens is 128 g/mol. The second kappa shape index (κ2) is 2.56. The van der Waals surface area contributed by atoms with Crippen LogP contribution in [0.3, 0.4) is 0 Å². The minimum Gasteiger partial charge on any atom is -0.293 e. The molecule has 1 aromatic heterocycles. The number of nitrogens with zero attached hydrogens (tertiary/aromatic N) is 2. The second-order valence-electron chi connectivity index (χ2n) is 2.10. The van der Waals surface area contributed by atoms with Gasteiger partial charge in [-0.2, -0.15) is 0 Å². The first-order chi connectivity index (χ1) is 4.70. The van der Waals surface area contributed by atoms with E-state index in [-0.39, 0.29) is 5.78 Å². The van der Waals surface area contributed by atoms with Crippen molar-refractivity contribution in [2.45, 2.75) is 13.8 Å². The molecule has 0 atom stereocenters. The molecule has 0 saturated carbocycles.